The first-order valence-electron chi connectivity index (χ1n) is 4.64. The van der Waals surface area contributed by atoms with Crippen LogP contribution in [0, 0.1) is 5.41 Å². The number of ketones is 1. The minimum atomic E-state index is -0.670. The van der Waals surface area contributed by atoms with Crippen molar-refractivity contribution in [2.45, 2.75) is 33.6 Å². The molecular formula is C11H18O3. The van der Waals surface area contributed by atoms with Gasteiger partial charge in [0, 0.05) is 6.42 Å². The smallest absolute Gasteiger partial charge is 0.311 e. The molecule has 3 heteroatoms. The lowest BCUT2D eigenvalue weighted by Crippen LogP contribution is -2.27. The summed E-state index contributed by atoms with van der Waals surface area (Å²) in [5, 5.41) is 0. The van der Waals surface area contributed by atoms with Gasteiger partial charge in [0.25, 0.3) is 0 Å². The number of carbonyl (C=O) groups excluding carboxylic acids is 2. The Morgan fingerprint density at radius 2 is 1.86 bits per heavy atom. The van der Waals surface area contributed by atoms with Crippen LogP contribution in [0.25, 0.3) is 0 Å². The second-order valence-electron chi connectivity index (χ2n) is 3.93. The van der Waals surface area contributed by atoms with Gasteiger partial charge in [-0.2, -0.15) is 0 Å². The Kier molecular flexibility index (Phi) is 4.54. The standard InChI is InChI=1S/C11H18O3/c1-6-9(12)8(2)7-11(3,4)10(13)14-5/h2,6-7H2,1,3-5H3. The Balaban J connectivity index is 4.44. The lowest BCUT2D eigenvalue weighted by Gasteiger charge is -2.21. The quantitative estimate of drug-likeness (QED) is 0.502. The van der Waals surface area contributed by atoms with Crippen LogP contribution in [0.3, 0.4) is 0 Å². The first-order chi connectivity index (χ1) is 6.35. The number of esters is 1. The molecule has 0 aliphatic heterocycles. The van der Waals surface area contributed by atoms with E-state index < -0.39 is 5.41 Å². The van der Waals surface area contributed by atoms with E-state index in [1.807, 2.05) is 0 Å². The highest BCUT2D eigenvalue weighted by atomic mass is 16.5. The lowest BCUT2D eigenvalue weighted by atomic mass is 9.84. The zero-order valence-corrected chi connectivity index (χ0v) is 9.35. The fourth-order valence-electron chi connectivity index (χ4n) is 1.23. The van der Waals surface area contributed by atoms with Crippen molar-refractivity contribution in [1.82, 2.24) is 0 Å². The molecule has 0 saturated carbocycles. The van der Waals surface area contributed by atoms with Gasteiger partial charge < -0.3 is 4.74 Å². The summed E-state index contributed by atoms with van der Waals surface area (Å²) in [4.78, 5) is 22.6. The largest absolute Gasteiger partial charge is 0.469 e. The molecule has 0 atom stereocenters. The molecule has 0 aliphatic carbocycles. The Hall–Kier alpha value is -1.12. The second kappa shape index (κ2) is 4.94. The average Bonchev–Trinajstić information content (AvgIpc) is 2.14. The number of hydrogen-bond donors (Lipinski definition) is 0. The SMILES string of the molecule is C=C(CC(C)(C)C(=O)OC)C(=O)CC. The number of rotatable bonds is 5. The molecule has 0 aromatic carbocycles. The molecule has 0 spiro atoms. The highest BCUT2D eigenvalue weighted by Crippen LogP contribution is 2.26. The van der Waals surface area contributed by atoms with Crippen LogP contribution in [0.2, 0.25) is 0 Å². The Bertz CT molecular complexity index is 251. The van der Waals surface area contributed by atoms with Crippen molar-refractivity contribution in [3.05, 3.63) is 12.2 Å². The fourth-order valence-corrected chi connectivity index (χ4v) is 1.23. The third-order valence-corrected chi connectivity index (χ3v) is 2.11. The normalized spacial score (nSPS) is 10.9. The summed E-state index contributed by atoms with van der Waals surface area (Å²) in [6.45, 7) is 8.93. The van der Waals surface area contributed by atoms with Crippen molar-refractivity contribution in [2.24, 2.45) is 5.41 Å². The van der Waals surface area contributed by atoms with E-state index in [1.165, 1.54) is 7.11 Å². The van der Waals surface area contributed by atoms with Gasteiger partial charge in [-0.05, 0) is 25.8 Å². The van der Waals surface area contributed by atoms with Crippen LogP contribution in [0.4, 0.5) is 0 Å². The molecule has 0 radical (unpaired) electrons. The monoisotopic (exact) mass is 198 g/mol. The van der Waals surface area contributed by atoms with Crippen molar-refractivity contribution in [1.29, 1.82) is 0 Å². The summed E-state index contributed by atoms with van der Waals surface area (Å²) in [5.74, 6) is -0.315. The maximum absolute atomic E-state index is 11.3. The molecular weight excluding hydrogens is 180 g/mol. The molecule has 0 saturated heterocycles. The summed E-state index contributed by atoms with van der Waals surface area (Å²) in [7, 11) is 1.34. The first-order valence-corrected chi connectivity index (χ1v) is 4.64. The highest BCUT2D eigenvalue weighted by Gasteiger charge is 2.30. The van der Waals surface area contributed by atoms with E-state index >= 15 is 0 Å². The highest BCUT2D eigenvalue weighted by molar-refractivity contribution is 5.95. The van der Waals surface area contributed by atoms with Crippen LogP contribution in [0.15, 0.2) is 12.2 Å². The van der Waals surface area contributed by atoms with Crippen LogP contribution in [-0.4, -0.2) is 18.9 Å². The average molecular weight is 198 g/mol. The maximum Gasteiger partial charge on any atom is 0.311 e. The van der Waals surface area contributed by atoms with Crippen molar-refractivity contribution in [2.75, 3.05) is 7.11 Å². The van der Waals surface area contributed by atoms with Gasteiger partial charge in [-0.1, -0.05) is 13.5 Å². The van der Waals surface area contributed by atoms with Gasteiger partial charge in [0.2, 0.25) is 0 Å². The number of hydrogen-bond acceptors (Lipinski definition) is 3. The molecule has 0 bridgehead atoms. The van der Waals surface area contributed by atoms with Crippen molar-refractivity contribution >= 4 is 11.8 Å². The van der Waals surface area contributed by atoms with E-state index in [9.17, 15) is 9.59 Å². The van der Waals surface area contributed by atoms with Crippen molar-refractivity contribution in [3.63, 3.8) is 0 Å². The van der Waals surface area contributed by atoms with Gasteiger partial charge >= 0.3 is 5.97 Å². The van der Waals surface area contributed by atoms with E-state index in [1.54, 1.807) is 20.8 Å². The van der Waals surface area contributed by atoms with E-state index in [-0.39, 0.29) is 11.8 Å². The molecule has 80 valence electrons. The van der Waals surface area contributed by atoms with Crippen LogP contribution < -0.4 is 0 Å². The summed E-state index contributed by atoms with van der Waals surface area (Å²) in [6, 6.07) is 0. The summed E-state index contributed by atoms with van der Waals surface area (Å²) in [6.07, 6.45) is 0.780. The molecule has 0 fully saturated rings. The zero-order valence-electron chi connectivity index (χ0n) is 9.35. The summed E-state index contributed by atoms with van der Waals surface area (Å²) < 4.78 is 4.64. The predicted molar refractivity (Wildman–Crippen MR) is 54.9 cm³/mol. The fraction of sp³-hybridized carbons (Fsp3) is 0.636. The number of allylic oxidation sites excluding steroid dienone is 1. The molecule has 0 heterocycles. The number of methoxy groups -OCH3 is 1. The zero-order chi connectivity index (χ0) is 11.4. The minimum Gasteiger partial charge on any atom is -0.469 e. The second-order valence-corrected chi connectivity index (χ2v) is 3.93. The Morgan fingerprint density at radius 3 is 2.21 bits per heavy atom. The third kappa shape index (κ3) is 3.32. The minimum absolute atomic E-state index is 0.00183. The Morgan fingerprint density at radius 1 is 1.36 bits per heavy atom. The van der Waals surface area contributed by atoms with E-state index in [0.717, 1.165) is 0 Å². The number of Topliss-reactive ketones (excluding diaryl/α,β-unsaturated/α-hetero) is 1. The van der Waals surface area contributed by atoms with E-state index in [0.29, 0.717) is 18.4 Å². The molecule has 0 amide bonds. The van der Waals surface area contributed by atoms with Gasteiger partial charge in [-0.15, -0.1) is 0 Å². The van der Waals surface area contributed by atoms with E-state index in [4.69, 9.17) is 0 Å². The predicted octanol–water partition coefficient (Wildman–Crippen LogP) is 2.11. The van der Waals surface area contributed by atoms with Gasteiger partial charge in [0.15, 0.2) is 5.78 Å². The maximum atomic E-state index is 11.3. The number of carbonyl (C=O) groups is 2. The molecule has 0 unspecified atom stereocenters. The van der Waals surface area contributed by atoms with Crippen LogP contribution in [0.1, 0.15) is 33.6 Å². The van der Waals surface area contributed by atoms with Crippen LogP contribution in [-0.2, 0) is 14.3 Å². The van der Waals surface area contributed by atoms with Gasteiger partial charge in [-0.3, -0.25) is 9.59 Å². The Labute approximate surface area is 85.1 Å². The molecule has 0 rings (SSSR count). The van der Waals surface area contributed by atoms with Crippen molar-refractivity contribution < 1.29 is 14.3 Å². The molecule has 0 aliphatic rings. The first kappa shape index (κ1) is 12.9. The summed E-state index contributed by atoms with van der Waals surface area (Å²) >= 11 is 0. The van der Waals surface area contributed by atoms with Crippen LogP contribution in [0.5, 0.6) is 0 Å². The number of ether oxygens (including phenoxy) is 1. The van der Waals surface area contributed by atoms with Gasteiger partial charge in [-0.25, -0.2) is 0 Å². The van der Waals surface area contributed by atoms with Gasteiger partial charge in [0.1, 0.15) is 0 Å². The lowest BCUT2D eigenvalue weighted by molar-refractivity contribution is -0.150. The topological polar surface area (TPSA) is 43.4 Å². The molecule has 3 nitrogen and oxygen atoms in total. The van der Waals surface area contributed by atoms with Gasteiger partial charge in [0.05, 0.1) is 12.5 Å². The molecule has 0 aromatic rings. The van der Waals surface area contributed by atoms with E-state index in [2.05, 4.69) is 11.3 Å². The summed E-state index contributed by atoms with van der Waals surface area (Å²) in [5.41, 5.74) is -0.181. The van der Waals surface area contributed by atoms with Crippen molar-refractivity contribution in [3.8, 4) is 0 Å². The molecule has 14 heavy (non-hydrogen) atoms. The molecule has 0 N–H and O–H groups in total. The third-order valence-electron chi connectivity index (χ3n) is 2.11. The molecule has 0 aromatic heterocycles. The van der Waals surface area contributed by atoms with Crippen LogP contribution >= 0.6 is 0 Å².